The van der Waals surface area contributed by atoms with E-state index in [-0.39, 0.29) is 6.10 Å². The van der Waals surface area contributed by atoms with Crippen molar-refractivity contribution in [1.29, 1.82) is 0 Å². The van der Waals surface area contributed by atoms with Crippen molar-refractivity contribution >= 4 is 0 Å². The van der Waals surface area contributed by atoms with Crippen LogP contribution in [0, 0.1) is 0 Å². The molecule has 0 aromatic rings. The minimum atomic E-state index is 0.256. The Morgan fingerprint density at radius 1 is 1.29 bits per heavy atom. The molecule has 2 unspecified atom stereocenters. The van der Waals surface area contributed by atoms with Crippen LogP contribution >= 0.6 is 0 Å². The molecule has 1 heterocycles. The number of rotatable bonds is 8. The summed E-state index contributed by atoms with van der Waals surface area (Å²) in [5.74, 6) is 0. The van der Waals surface area contributed by atoms with E-state index in [0.29, 0.717) is 12.6 Å². The molecule has 3 nitrogen and oxygen atoms in total. The average Bonchev–Trinajstić information content (AvgIpc) is 2.38. The second-order valence-corrected chi connectivity index (χ2v) is 5.28. The summed E-state index contributed by atoms with van der Waals surface area (Å²) in [4.78, 5) is 2.54. The lowest BCUT2D eigenvalue weighted by Crippen LogP contribution is -2.49. The molecule has 1 aliphatic rings. The molecule has 0 spiro atoms. The molecule has 17 heavy (non-hydrogen) atoms. The Balaban J connectivity index is 2.11. The lowest BCUT2D eigenvalue weighted by molar-refractivity contribution is -0.0372. The van der Waals surface area contributed by atoms with Gasteiger partial charge >= 0.3 is 0 Å². The summed E-state index contributed by atoms with van der Waals surface area (Å²) in [6.45, 7) is 8.21. The van der Waals surface area contributed by atoms with E-state index in [1.165, 1.54) is 38.5 Å². The lowest BCUT2D eigenvalue weighted by atomic mass is 10.1. The van der Waals surface area contributed by atoms with Crippen molar-refractivity contribution in [3.05, 3.63) is 0 Å². The highest BCUT2D eigenvalue weighted by Gasteiger charge is 2.22. The van der Waals surface area contributed by atoms with Gasteiger partial charge < -0.3 is 10.5 Å². The van der Waals surface area contributed by atoms with Crippen LogP contribution in [-0.2, 0) is 4.74 Å². The van der Waals surface area contributed by atoms with Gasteiger partial charge in [0.15, 0.2) is 0 Å². The van der Waals surface area contributed by atoms with Crippen molar-refractivity contribution in [2.45, 2.75) is 64.5 Å². The quantitative estimate of drug-likeness (QED) is 0.664. The molecule has 0 aromatic heterocycles. The van der Waals surface area contributed by atoms with Crippen molar-refractivity contribution in [1.82, 2.24) is 4.90 Å². The van der Waals surface area contributed by atoms with Crippen molar-refractivity contribution in [3.63, 3.8) is 0 Å². The molecule has 0 aromatic carbocycles. The van der Waals surface area contributed by atoms with Gasteiger partial charge in [-0.1, -0.05) is 39.0 Å². The van der Waals surface area contributed by atoms with Crippen LogP contribution in [0.15, 0.2) is 0 Å². The second kappa shape index (κ2) is 8.90. The fourth-order valence-corrected chi connectivity index (χ4v) is 2.51. The number of hydrogen-bond acceptors (Lipinski definition) is 3. The molecule has 0 saturated carbocycles. The Kier molecular flexibility index (Phi) is 7.82. The van der Waals surface area contributed by atoms with Gasteiger partial charge in [0.05, 0.1) is 12.7 Å². The molecule has 0 amide bonds. The zero-order valence-corrected chi connectivity index (χ0v) is 11.7. The Morgan fingerprint density at radius 2 is 2.06 bits per heavy atom. The highest BCUT2D eigenvalue weighted by atomic mass is 16.5. The lowest BCUT2D eigenvalue weighted by Gasteiger charge is -2.36. The van der Waals surface area contributed by atoms with Gasteiger partial charge in [-0.2, -0.15) is 0 Å². The largest absolute Gasteiger partial charge is 0.374 e. The first-order valence-electron chi connectivity index (χ1n) is 7.33. The number of nitrogens with two attached hydrogens (primary N) is 1. The number of morpholine rings is 1. The Hall–Kier alpha value is -0.120. The maximum Gasteiger partial charge on any atom is 0.0824 e. The summed E-state index contributed by atoms with van der Waals surface area (Å²) in [6, 6.07) is 0.689. The molecule has 2 N–H and O–H groups in total. The highest BCUT2D eigenvalue weighted by Crippen LogP contribution is 2.14. The topological polar surface area (TPSA) is 38.5 Å². The van der Waals surface area contributed by atoms with E-state index in [1.807, 2.05) is 0 Å². The maximum atomic E-state index is 5.67. The fraction of sp³-hybridized carbons (Fsp3) is 1.00. The van der Waals surface area contributed by atoms with E-state index in [2.05, 4.69) is 18.7 Å². The first-order valence-corrected chi connectivity index (χ1v) is 7.33. The average molecular weight is 242 g/mol. The Labute approximate surface area is 107 Å². The molecule has 0 aliphatic carbocycles. The van der Waals surface area contributed by atoms with E-state index < -0.39 is 0 Å². The van der Waals surface area contributed by atoms with Gasteiger partial charge in [0.1, 0.15) is 0 Å². The van der Waals surface area contributed by atoms with E-state index in [9.17, 15) is 0 Å². The smallest absolute Gasteiger partial charge is 0.0824 e. The SMILES string of the molecule is CCCCCCCC(C)N1CCOC(CN)C1. The third-order valence-electron chi connectivity index (χ3n) is 3.78. The first-order chi connectivity index (χ1) is 8.27. The zero-order valence-electron chi connectivity index (χ0n) is 11.7. The minimum Gasteiger partial charge on any atom is -0.374 e. The van der Waals surface area contributed by atoms with Crippen LogP contribution in [-0.4, -0.2) is 43.3 Å². The van der Waals surface area contributed by atoms with E-state index in [0.717, 1.165) is 19.7 Å². The molecular weight excluding hydrogens is 212 g/mol. The number of nitrogens with zero attached hydrogens (tertiary/aromatic N) is 1. The highest BCUT2D eigenvalue weighted by molar-refractivity contribution is 4.76. The summed E-state index contributed by atoms with van der Waals surface area (Å²) in [5.41, 5.74) is 5.67. The number of ether oxygens (including phenoxy) is 1. The third kappa shape index (κ3) is 5.84. The molecule has 1 aliphatic heterocycles. The first kappa shape index (κ1) is 14.9. The number of hydrogen-bond donors (Lipinski definition) is 1. The van der Waals surface area contributed by atoms with Crippen LogP contribution in [0.25, 0.3) is 0 Å². The fourth-order valence-electron chi connectivity index (χ4n) is 2.51. The van der Waals surface area contributed by atoms with Crippen LogP contribution in [0.2, 0.25) is 0 Å². The summed E-state index contributed by atoms with van der Waals surface area (Å²) >= 11 is 0. The molecule has 0 radical (unpaired) electrons. The zero-order chi connectivity index (χ0) is 12.5. The molecule has 0 bridgehead atoms. The van der Waals surface area contributed by atoms with Gasteiger partial charge in [-0.15, -0.1) is 0 Å². The maximum absolute atomic E-state index is 5.67. The Bertz CT molecular complexity index is 187. The summed E-state index contributed by atoms with van der Waals surface area (Å²) < 4.78 is 5.60. The van der Waals surface area contributed by atoms with E-state index in [1.54, 1.807) is 0 Å². The van der Waals surface area contributed by atoms with Gasteiger partial charge in [-0.05, 0) is 13.3 Å². The molecule has 102 valence electrons. The predicted octanol–water partition coefficient (Wildman–Crippen LogP) is 2.39. The van der Waals surface area contributed by atoms with Crippen LogP contribution in [0.3, 0.4) is 0 Å². The molecule has 2 atom stereocenters. The van der Waals surface area contributed by atoms with Crippen LogP contribution < -0.4 is 5.73 Å². The monoisotopic (exact) mass is 242 g/mol. The minimum absolute atomic E-state index is 0.256. The third-order valence-corrected chi connectivity index (χ3v) is 3.78. The molecule has 1 saturated heterocycles. The van der Waals surface area contributed by atoms with E-state index >= 15 is 0 Å². The Morgan fingerprint density at radius 3 is 2.76 bits per heavy atom. The van der Waals surface area contributed by atoms with Gasteiger partial charge in [0.25, 0.3) is 0 Å². The standard InChI is InChI=1S/C14H30N2O/c1-3-4-5-6-7-8-13(2)16-9-10-17-14(11-15)12-16/h13-14H,3-12,15H2,1-2H3. The summed E-state index contributed by atoms with van der Waals surface area (Å²) in [5, 5.41) is 0. The van der Waals surface area contributed by atoms with Gasteiger partial charge in [-0.25, -0.2) is 0 Å². The van der Waals surface area contributed by atoms with Crippen molar-refractivity contribution in [2.24, 2.45) is 5.73 Å². The van der Waals surface area contributed by atoms with Crippen molar-refractivity contribution < 1.29 is 4.74 Å². The van der Waals surface area contributed by atoms with Crippen molar-refractivity contribution in [2.75, 3.05) is 26.2 Å². The molecular formula is C14H30N2O. The van der Waals surface area contributed by atoms with Crippen LogP contribution in [0.4, 0.5) is 0 Å². The predicted molar refractivity (Wildman–Crippen MR) is 73.2 cm³/mol. The van der Waals surface area contributed by atoms with Gasteiger partial charge in [-0.3, -0.25) is 4.90 Å². The van der Waals surface area contributed by atoms with Crippen LogP contribution in [0.1, 0.15) is 52.4 Å². The summed E-state index contributed by atoms with van der Waals surface area (Å²) in [7, 11) is 0. The van der Waals surface area contributed by atoms with Crippen LogP contribution in [0.5, 0.6) is 0 Å². The number of unbranched alkanes of at least 4 members (excludes halogenated alkanes) is 4. The van der Waals surface area contributed by atoms with Crippen molar-refractivity contribution in [3.8, 4) is 0 Å². The van der Waals surface area contributed by atoms with Gasteiger partial charge in [0, 0.05) is 25.7 Å². The molecule has 1 fully saturated rings. The van der Waals surface area contributed by atoms with E-state index in [4.69, 9.17) is 10.5 Å². The molecule has 1 rings (SSSR count). The second-order valence-electron chi connectivity index (χ2n) is 5.28. The summed E-state index contributed by atoms with van der Waals surface area (Å²) in [6.07, 6.45) is 8.46. The van der Waals surface area contributed by atoms with Gasteiger partial charge in [0.2, 0.25) is 0 Å². The molecule has 3 heteroatoms. The normalized spacial score (nSPS) is 23.8.